The zero-order valence-corrected chi connectivity index (χ0v) is 11.1. The van der Waals surface area contributed by atoms with E-state index in [-0.39, 0.29) is 18.5 Å². The van der Waals surface area contributed by atoms with E-state index in [4.69, 9.17) is 9.84 Å². The molecular weight excluding hydrogens is 270 g/mol. The zero-order valence-electron chi connectivity index (χ0n) is 11.1. The molecule has 0 saturated carbocycles. The van der Waals surface area contributed by atoms with Crippen LogP contribution in [0, 0.1) is 11.6 Å². The van der Waals surface area contributed by atoms with Gasteiger partial charge in [0.25, 0.3) is 0 Å². The van der Waals surface area contributed by atoms with Gasteiger partial charge in [0.1, 0.15) is 11.9 Å². The Morgan fingerprint density at radius 3 is 2.70 bits per heavy atom. The number of rotatable bonds is 5. The van der Waals surface area contributed by atoms with Crippen LogP contribution in [0.4, 0.5) is 8.78 Å². The molecule has 0 bridgehead atoms. The van der Waals surface area contributed by atoms with Crippen molar-refractivity contribution in [2.24, 2.45) is 0 Å². The van der Waals surface area contributed by atoms with Crippen molar-refractivity contribution < 1.29 is 23.4 Å². The minimum Gasteiger partial charge on any atom is -0.481 e. The van der Waals surface area contributed by atoms with Gasteiger partial charge in [-0.2, -0.15) is 0 Å². The molecule has 1 aromatic heterocycles. The highest BCUT2D eigenvalue weighted by Crippen LogP contribution is 2.25. The van der Waals surface area contributed by atoms with Gasteiger partial charge in [-0.1, -0.05) is 0 Å². The summed E-state index contributed by atoms with van der Waals surface area (Å²) < 4.78 is 33.3. The molecule has 0 fully saturated rings. The van der Waals surface area contributed by atoms with E-state index in [2.05, 4.69) is 4.98 Å². The van der Waals surface area contributed by atoms with Crippen LogP contribution in [-0.2, 0) is 16.1 Å². The summed E-state index contributed by atoms with van der Waals surface area (Å²) in [5.74, 6) is -2.53. The summed E-state index contributed by atoms with van der Waals surface area (Å²) in [7, 11) is 1.48. The van der Waals surface area contributed by atoms with Gasteiger partial charge in [-0.3, -0.25) is 4.79 Å². The van der Waals surface area contributed by atoms with E-state index < -0.39 is 23.7 Å². The zero-order chi connectivity index (χ0) is 14.9. The van der Waals surface area contributed by atoms with Gasteiger partial charge in [0, 0.05) is 25.8 Å². The molecule has 7 heteroatoms. The minimum atomic E-state index is -0.995. The average Bonchev–Trinajstić information content (AvgIpc) is 2.74. The Kier molecular flexibility index (Phi) is 3.99. The highest BCUT2D eigenvalue weighted by atomic mass is 19.2. The number of hydrogen-bond donors (Lipinski definition) is 1. The van der Waals surface area contributed by atoms with Crippen LogP contribution in [0.2, 0.25) is 0 Å². The van der Waals surface area contributed by atoms with Crippen LogP contribution in [0.15, 0.2) is 12.1 Å². The van der Waals surface area contributed by atoms with Crippen LogP contribution in [0.3, 0.4) is 0 Å². The van der Waals surface area contributed by atoms with Crippen LogP contribution in [0.25, 0.3) is 11.0 Å². The second kappa shape index (κ2) is 5.54. The second-order valence-corrected chi connectivity index (χ2v) is 4.40. The largest absolute Gasteiger partial charge is 0.481 e. The van der Waals surface area contributed by atoms with E-state index in [9.17, 15) is 13.6 Å². The molecule has 0 aliphatic heterocycles. The molecule has 1 heterocycles. The molecule has 0 amide bonds. The number of aliphatic carboxylic acids is 1. The predicted octanol–water partition coefficient (Wildman–Crippen LogP) is 2.50. The number of nitrogens with zero attached hydrogens (tertiary/aromatic N) is 2. The molecule has 2 rings (SSSR count). The third-order valence-electron chi connectivity index (χ3n) is 3.09. The molecule has 0 aliphatic rings. The van der Waals surface area contributed by atoms with E-state index in [1.165, 1.54) is 7.11 Å². The number of carboxylic acids is 1. The van der Waals surface area contributed by atoms with Crippen molar-refractivity contribution in [3.8, 4) is 0 Å². The van der Waals surface area contributed by atoms with E-state index in [0.717, 1.165) is 12.1 Å². The highest BCUT2D eigenvalue weighted by molar-refractivity contribution is 5.76. The lowest BCUT2D eigenvalue weighted by Gasteiger charge is -2.12. The maximum Gasteiger partial charge on any atom is 0.305 e. The van der Waals surface area contributed by atoms with Crippen molar-refractivity contribution in [3.05, 3.63) is 29.6 Å². The smallest absolute Gasteiger partial charge is 0.305 e. The molecule has 5 nitrogen and oxygen atoms in total. The van der Waals surface area contributed by atoms with Gasteiger partial charge in [0.2, 0.25) is 0 Å². The lowest BCUT2D eigenvalue weighted by atomic mass is 10.3. The number of fused-ring (bicyclic) bond motifs is 1. The Balaban J connectivity index is 2.58. The standard InChI is InChI=1S/C13H14F2N2O3/c1-7(20-2)13-16-10-5-8(14)9(15)6-11(10)17(13)4-3-12(18)19/h5-7H,3-4H2,1-2H3,(H,18,19). The molecule has 108 valence electrons. The summed E-state index contributed by atoms with van der Waals surface area (Å²) in [6, 6.07) is 2.01. The number of methoxy groups -OCH3 is 1. The van der Waals surface area contributed by atoms with Crippen LogP contribution >= 0.6 is 0 Å². The van der Waals surface area contributed by atoms with Crippen molar-refractivity contribution in [1.29, 1.82) is 0 Å². The number of ether oxygens (including phenoxy) is 1. The highest BCUT2D eigenvalue weighted by Gasteiger charge is 2.18. The number of benzene rings is 1. The molecule has 0 radical (unpaired) electrons. The maximum atomic E-state index is 13.4. The van der Waals surface area contributed by atoms with Crippen molar-refractivity contribution in [1.82, 2.24) is 9.55 Å². The Labute approximate surface area is 113 Å². The first kappa shape index (κ1) is 14.4. The molecule has 0 aliphatic carbocycles. The van der Waals surface area contributed by atoms with Gasteiger partial charge in [0.05, 0.1) is 17.5 Å². The number of carbonyl (C=O) groups is 1. The van der Waals surface area contributed by atoms with Crippen molar-refractivity contribution >= 4 is 17.0 Å². The summed E-state index contributed by atoms with van der Waals surface area (Å²) in [4.78, 5) is 14.9. The summed E-state index contributed by atoms with van der Waals surface area (Å²) >= 11 is 0. The summed E-state index contributed by atoms with van der Waals surface area (Å²) in [5.41, 5.74) is 0.622. The Hall–Kier alpha value is -2.02. The molecule has 1 atom stereocenters. The number of halogens is 2. The normalized spacial score (nSPS) is 12.8. The summed E-state index contributed by atoms with van der Waals surface area (Å²) in [6.07, 6.45) is -0.559. The fourth-order valence-electron chi connectivity index (χ4n) is 2.00. The first-order valence-corrected chi connectivity index (χ1v) is 6.03. The Morgan fingerprint density at radius 2 is 2.10 bits per heavy atom. The van der Waals surface area contributed by atoms with Gasteiger partial charge >= 0.3 is 5.97 Å². The molecule has 20 heavy (non-hydrogen) atoms. The molecule has 0 saturated heterocycles. The van der Waals surface area contributed by atoms with Crippen LogP contribution < -0.4 is 0 Å². The average molecular weight is 284 g/mol. The molecular formula is C13H14F2N2O3. The number of aromatic nitrogens is 2. The van der Waals surface area contributed by atoms with Gasteiger partial charge in [-0.15, -0.1) is 0 Å². The lowest BCUT2D eigenvalue weighted by molar-refractivity contribution is -0.137. The lowest BCUT2D eigenvalue weighted by Crippen LogP contribution is -2.11. The number of aryl methyl sites for hydroxylation is 1. The monoisotopic (exact) mass is 284 g/mol. The summed E-state index contributed by atoms with van der Waals surface area (Å²) in [5, 5.41) is 8.77. The third-order valence-corrected chi connectivity index (χ3v) is 3.09. The SMILES string of the molecule is COC(C)c1nc2cc(F)c(F)cc2n1CCC(=O)O. The maximum absolute atomic E-state index is 13.4. The number of hydrogen-bond acceptors (Lipinski definition) is 3. The first-order valence-electron chi connectivity index (χ1n) is 6.03. The van der Waals surface area contributed by atoms with E-state index in [1.807, 2.05) is 0 Å². The van der Waals surface area contributed by atoms with Crippen LogP contribution in [0.1, 0.15) is 25.3 Å². The van der Waals surface area contributed by atoms with E-state index in [1.54, 1.807) is 11.5 Å². The van der Waals surface area contributed by atoms with Gasteiger partial charge in [0.15, 0.2) is 11.6 Å². The van der Waals surface area contributed by atoms with Gasteiger partial charge in [-0.05, 0) is 6.92 Å². The second-order valence-electron chi connectivity index (χ2n) is 4.40. The Bertz CT molecular complexity index is 655. The van der Waals surface area contributed by atoms with E-state index in [0.29, 0.717) is 11.3 Å². The van der Waals surface area contributed by atoms with Gasteiger partial charge in [-0.25, -0.2) is 13.8 Å². The van der Waals surface area contributed by atoms with Crippen molar-refractivity contribution in [2.75, 3.05) is 7.11 Å². The van der Waals surface area contributed by atoms with Gasteiger partial charge < -0.3 is 14.4 Å². The van der Waals surface area contributed by atoms with E-state index >= 15 is 0 Å². The van der Waals surface area contributed by atoms with Crippen LogP contribution in [0.5, 0.6) is 0 Å². The van der Waals surface area contributed by atoms with Crippen molar-refractivity contribution in [3.63, 3.8) is 0 Å². The molecule has 1 aromatic carbocycles. The minimum absolute atomic E-state index is 0.111. The molecule has 2 aromatic rings. The fraction of sp³-hybridized carbons (Fsp3) is 0.385. The Morgan fingerprint density at radius 1 is 1.45 bits per heavy atom. The first-order chi connectivity index (χ1) is 9.43. The molecule has 1 unspecified atom stereocenters. The molecule has 1 N–H and O–H groups in total. The summed E-state index contributed by atoms with van der Waals surface area (Å²) in [6.45, 7) is 1.84. The third kappa shape index (κ3) is 2.62. The fourth-order valence-corrected chi connectivity index (χ4v) is 2.00. The number of carboxylic acid groups (broad SMARTS) is 1. The topological polar surface area (TPSA) is 64.4 Å². The quantitative estimate of drug-likeness (QED) is 0.916. The van der Waals surface area contributed by atoms with Crippen LogP contribution in [-0.4, -0.2) is 27.7 Å². The van der Waals surface area contributed by atoms with Crippen molar-refractivity contribution in [2.45, 2.75) is 26.0 Å². The number of imidazole rings is 1. The molecule has 0 spiro atoms. The predicted molar refractivity (Wildman–Crippen MR) is 67.3 cm³/mol.